The second-order valence-corrected chi connectivity index (χ2v) is 5.11. The number of hydrogen-bond donors (Lipinski definition) is 1. The minimum absolute atomic E-state index is 0.0886. The summed E-state index contributed by atoms with van der Waals surface area (Å²) in [6.07, 6.45) is 3.39. The molecule has 100 valence electrons. The van der Waals surface area contributed by atoms with Crippen molar-refractivity contribution < 1.29 is 19.3 Å². The molecule has 0 radical (unpaired) electrons. The number of unbranched alkanes of at least 4 members (excludes halogenated alkanes) is 1. The summed E-state index contributed by atoms with van der Waals surface area (Å²) in [6, 6.07) is 0. The normalized spacial score (nSPS) is 40.8. The van der Waals surface area contributed by atoms with E-state index in [0.29, 0.717) is 13.2 Å². The average molecular weight is 244 g/mol. The lowest BCUT2D eigenvalue weighted by atomic mass is 9.91. The molecule has 2 aliphatic rings. The van der Waals surface area contributed by atoms with Gasteiger partial charge in [-0.3, -0.25) is 0 Å². The second kappa shape index (κ2) is 5.65. The van der Waals surface area contributed by atoms with Gasteiger partial charge < -0.3 is 19.3 Å². The Labute approximate surface area is 103 Å². The van der Waals surface area contributed by atoms with Gasteiger partial charge in [0.2, 0.25) is 0 Å². The van der Waals surface area contributed by atoms with E-state index in [2.05, 4.69) is 13.8 Å². The van der Waals surface area contributed by atoms with Crippen molar-refractivity contribution in [3.05, 3.63) is 0 Å². The quantitative estimate of drug-likeness (QED) is 0.719. The van der Waals surface area contributed by atoms with Crippen LogP contribution in [0, 0.1) is 0 Å². The molecule has 0 aliphatic carbocycles. The van der Waals surface area contributed by atoms with Crippen molar-refractivity contribution in [2.24, 2.45) is 0 Å². The second-order valence-electron chi connectivity index (χ2n) is 5.11. The molecule has 0 spiro atoms. The molecule has 2 heterocycles. The van der Waals surface area contributed by atoms with Crippen LogP contribution in [0.3, 0.4) is 0 Å². The Balaban J connectivity index is 2.01. The lowest BCUT2D eigenvalue weighted by Gasteiger charge is -2.32. The average Bonchev–Trinajstić information content (AvgIpc) is 2.84. The van der Waals surface area contributed by atoms with Gasteiger partial charge in [-0.25, -0.2) is 0 Å². The molecule has 2 saturated heterocycles. The van der Waals surface area contributed by atoms with Gasteiger partial charge in [0, 0.05) is 6.61 Å². The van der Waals surface area contributed by atoms with E-state index < -0.39 is 6.10 Å². The number of hydrogen-bond acceptors (Lipinski definition) is 4. The van der Waals surface area contributed by atoms with Crippen LogP contribution in [0.1, 0.15) is 39.5 Å². The van der Waals surface area contributed by atoms with Crippen LogP contribution in [0.25, 0.3) is 0 Å². The van der Waals surface area contributed by atoms with Crippen molar-refractivity contribution in [2.45, 2.75) is 63.4 Å². The molecule has 17 heavy (non-hydrogen) atoms. The molecule has 0 saturated carbocycles. The molecule has 0 amide bonds. The van der Waals surface area contributed by atoms with E-state index in [4.69, 9.17) is 14.2 Å². The summed E-state index contributed by atoms with van der Waals surface area (Å²) in [7, 11) is 0. The summed E-state index contributed by atoms with van der Waals surface area (Å²) in [6.45, 7) is 5.97. The van der Waals surface area contributed by atoms with E-state index in [1.54, 1.807) is 0 Å². The predicted molar refractivity (Wildman–Crippen MR) is 64.0 cm³/mol. The van der Waals surface area contributed by atoms with Crippen LogP contribution in [0.15, 0.2) is 0 Å². The molecule has 2 fully saturated rings. The van der Waals surface area contributed by atoms with Crippen molar-refractivity contribution in [2.75, 3.05) is 19.8 Å². The summed E-state index contributed by atoms with van der Waals surface area (Å²) in [4.78, 5) is 0. The SMILES string of the molecule is CCCCO[C@@]1(CCC)CO[C@@H]2[C@H](O)CO[C@@H]21. The Morgan fingerprint density at radius 2 is 2.12 bits per heavy atom. The van der Waals surface area contributed by atoms with E-state index in [9.17, 15) is 5.11 Å². The molecule has 0 aromatic heterocycles. The summed E-state index contributed by atoms with van der Waals surface area (Å²) < 4.78 is 17.4. The van der Waals surface area contributed by atoms with E-state index in [1.807, 2.05) is 0 Å². The lowest BCUT2D eigenvalue weighted by molar-refractivity contribution is -0.120. The number of rotatable bonds is 6. The highest BCUT2D eigenvalue weighted by Gasteiger charge is 2.56. The van der Waals surface area contributed by atoms with E-state index >= 15 is 0 Å². The third-order valence-electron chi connectivity index (χ3n) is 3.72. The van der Waals surface area contributed by atoms with Crippen LogP contribution >= 0.6 is 0 Å². The highest BCUT2D eigenvalue weighted by molar-refractivity contribution is 5.04. The van der Waals surface area contributed by atoms with Gasteiger partial charge in [-0.2, -0.15) is 0 Å². The topological polar surface area (TPSA) is 47.9 Å². The first-order valence-electron chi connectivity index (χ1n) is 6.78. The van der Waals surface area contributed by atoms with Gasteiger partial charge in [0.25, 0.3) is 0 Å². The maximum absolute atomic E-state index is 9.77. The highest BCUT2D eigenvalue weighted by atomic mass is 16.6. The van der Waals surface area contributed by atoms with Gasteiger partial charge in [-0.15, -0.1) is 0 Å². The Hall–Kier alpha value is -0.160. The Morgan fingerprint density at radius 3 is 2.82 bits per heavy atom. The minimum Gasteiger partial charge on any atom is -0.388 e. The molecular weight excluding hydrogens is 220 g/mol. The molecular formula is C13H24O4. The largest absolute Gasteiger partial charge is 0.388 e. The van der Waals surface area contributed by atoms with Gasteiger partial charge >= 0.3 is 0 Å². The molecule has 2 aliphatic heterocycles. The summed E-state index contributed by atoms with van der Waals surface area (Å²) in [5.41, 5.74) is -0.327. The van der Waals surface area contributed by atoms with Crippen molar-refractivity contribution in [3.8, 4) is 0 Å². The molecule has 4 atom stereocenters. The van der Waals surface area contributed by atoms with E-state index in [-0.39, 0.29) is 17.8 Å². The van der Waals surface area contributed by atoms with Gasteiger partial charge in [-0.1, -0.05) is 26.7 Å². The maximum atomic E-state index is 9.77. The van der Waals surface area contributed by atoms with Crippen molar-refractivity contribution in [1.29, 1.82) is 0 Å². The van der Waals surface area contributed by atoms with Crippen LogP contribution in [0.5, 0.6) is 0 Å². The first-order chi connectivity index (χ1) is 8.23. The molecule has 0 unspecified atom stereocenters. The fraction of sp³-hybridized carbons (Fsp3) is 1.00. The van der Waals surface area contributed by atoms with Crippen LogP contribution in [0.4, 0.5) is 0 Å². The van der Waals surface area contributed by atoms with Gasteiger partial charge in [0.1, 0.15) is 23.9 Å². The Kier molecular flexibility index (Phi) is 4.42. The maximum Gasteiger partial charge on any atom is 0.120 e. The monoisotopic (exact) mass is 244 g/mol. The van der Waals surface area contributed by atoms with Crippen molar-refractivity contribution in [3.63, 3.8) is 0 Å². The van der Waals surface area contributed by atoms with E-state index in [1.165, 1.54) is 0 Å². The van der Waals surface area contributed by atoms with Crippen molar-refractivity contribution in [1.82, 2.24) is 0 Å². The van der Waals surface area contributed by atoms with Crippen LogP contribution < -0.4 is 0 Å². The highest BCUT2D eigenvalue weighted by Crippen LogP contribution is 2.39. The summed E-state index contributed by atoms with van der Waals surface area (Å²) >= 11 is 0. The van der Waals surface area contributed by atoms with Gasteiger partial charge in [-0.05, 0) is 12.8 Å². The van der Waals surface area contributed by atoms with Crippen LogP contribution in [-0.2, 0) is 14.2 Å². The molecule has 0 aromatic rings. The first-order valence-corrected chi connectivity index (χ1v) is 6.78. The zero-order valence-electron chi connectivity index (χ0n) is 10.9. The number of aliphatic hydroxyl groups is 1. The first kappa shape index (κ1) is 13.3. The zero-order valence-corrected chi connectivity index (χ0v) is 10.9. The molecule has 1 N–H and O–H groups in total. The Bertz CT molecular complexity index is 246. The summed E-state index contributed by atoms with van der Waals surface area (Å²) in [5.74, 6) is 0. The molecule has 4 nitrogen and oxygen atoms in total. The van der Waals surface area contributed by atoms with Crippen LogP contribution in [0.2, 0.25) is 0 Å². The molecule has 0 bridgehead atoms. The smallest absolute Gasteiger partial charge is 0.120 e. The zero-order chi connectivity index (χ0) is 12.3. The minimum atomic E-state index is -0.492. The standard InChI is InChI=1S/C13H24O4/c1-3-5-7-17-13(6-4-2)9-16-11-10(14)8-15-12(11)13/h10-12,14H,3-9H2,1-2H3/t10-,11-,12+,13+/m1/s1. The third kappa shape index (κ3) is 2.50. The fourth-order valence-corrected chi connectivity index (χ4v) is 2.82. The predicted octanol–water partition coefficient (Wildman–Crippen LogP) is 1.50. The fourth-order valence-electron chi connectivity index (χ4n) is 2.82. The molecule has 2 rings (SSSR count). The van der Waals surface area contributed by atoms with Gasteiger partial charge in [0.05, 0.1) is 13.2 Å². The third-order valence-corrected chi connectivity index (χ3v) is 3.72. The van der Waals surface area contributed by atoms with Crippen LogP contribution in [-0.4, -0.2) is 48.8 Å². The van der Waals surface area contributed by atoms with Crippen molar-refractivity contribution >= 4 is 0 Å². The molecule has 0 aromatic carbocycles. The Morgan fingerprint density at radius 1 is 1.29 bits per heavy atom. The van der Waals surface area contributed by atoms with E-state index in [0.717, 1.165) is 32.3 Å². The molecule has 4 heteroatoms. The lowest BCUT2D eigenvalue weighted by Crippen LogP contribution is -2.46. The number of aliphatic hydroxyl groups excluding tert-OH is 1. The number of fused-ring (bicyclic) bond motifs is 1. The summed E-state index contributed by atoms with van der Waals surface area (Å²) in [5, 5.41) is 9.77. The van der Waals surface area contributed by atoms with Gasteiger partial charge in [0.15, 0.2) is 0 Å². The number of ether oxygens (including phenoxy) is 3.